The second-order valence-corrected chi connectivity index (χ2v) is 10.6. The molecule has 0 unspecified atom stereocenters. The lowest BCUT2D eigenvalue weighted by molar-refractivity contribution is -0.141. The number of nitrogens with zero attached hydrogens (tertiary/aromatic N) is 6. The van der Waals surface area contributed by atoms with Gasteiger partial charge in [-0.05, 0) is 25.8 Å². The van der Waals surface area contributed by atoms with Gasteiger partial charge in [-0.25, -0.2) is 32.7 Å². The minimum absolute atomic E-state index is 0.0143. The van der Waals surface area contributed by atoms with Crippen LogP contribution in [0.4, 0.5) is 13.2 Å². The molecule has 0 spiro atoms. The van der Waals surface area contributed by atoms with Gasteiger partial charge in [0.2, 0.25) is 0 Å². The van der Waals surface area contributed by atoms with Gasteiger partial charge in [0.15, 0.2) is 20.5 Å². The number of aryl methyl sites for hydroxylation is 1. The molecule has 4 heterocycles. The first kappa shape index (κ1) is 24.2. The molecule has 1 saturated carbocycles. The third-order valence-corrected chi connectivity index (χ3v) is 7.70. The number of carbonyl (C=O) groups excluding carboxylic acids is 1. The average molecular weight is 523 g/mol. The maximum absolute atomic E-state index is 13.2. The molecule has 5 rings (SSSR count). The predicted octanol–water partition coefficient (Wildman–Crippen LogP) is 3.54. The van der Waals surface area contributed by atoms with E-state index in [1.807, 2.05) is 0 Å². The number of aromatic nitrogens is 6. The highest BCUT2D eigenvalue weighted by molar-refractivity contribution is 7.91. The third-order valence-electron chi connectivity index (χ3n) is 6.06. The SMILES string of the molecule is CCOC(=O)c1cnc2c(-c3nc4cc(C(F)(F)F)ncc4n3C)c(S(=O)(=O)CC)nn2c1C1CC1. The van der Waals surface area contributed by atoms with Gasteiger partial charge >= 0.3 is 12.1 Å². The summed E-state index contributed by atoms with van der Waals surface area (Å²) < 4.78 is 73.8. The summed E-state index contributed by atoms with van der Waals surface area (Å²) in [6.45, 7) is 3.27. The van der Waals surface area contributed by atoms with E-state index in [0.717, 1.165) is 25.1 Å². The Kier molecular flexibility index (Phi) is 5.54. The predicted molar refractivity (Wildman–Crippen MR) is 121 cm³/mol. The Morgan fingerprint density at radius 2 is 1.92 bits per heavy atom. The maximum Gasteiger partial charge on any atom is 0.433 e. The van der Waals surface area contributed by atoms with E-state index < -0.39 is 27.7 Å². The maximum atomic E-state index is 13.2. The second-order valence-electron chi connectivity index (χ2n) is 8.42. The smallest absolute Gasteiger partial charge is 0.433 e. The molecule has 0 radical (unpaired) electrons. The second kappa shape index (κ2) is 8.25. The summed E-state index contributed by atoms with van der Waals surface area (Å²) in [5, 5.41) is 4.06. The summed E-state index contributed by atoms with van der Waals surface area (Å²) in [6, 6.07) is 0.806. The van der Waals surface area contributed by atoms with Crippen LogP contribution in [0.15, 0.2) is 23.5 Å². The molecule has 0 bridgehead atoms. The zero-order valence-corrected chi connectivity index (χ0v) is 20.3. The Morgan fingerprint density at radius 1 is 1.19 bits per heavy atom. The largest absolute Gasteiger partial charge is 0.462 e. The summed E-state index contributed by atoms with van der Waals surface area (Å²) in [5.74, 6) is -0.860. The molecule has 4 aromatic rings. The molecular weight excluding hydrogens is 501 g/mol. The number of halogens is 3. The van der Waals surface area contributed by atoms with Gasteiger partial charge in [-0.3, -0.25) is 0 Å². The summed E-state index contributed by atoms with van der Waals surface area (Å²) in [6.07, 6.45) is -0.766. The Hall–Kier alpha value is -3.55. The molecular formula is C22H21F3N6O4S. The van der Waals surface area contributed by atoms with Gasteiger partial charge < -0.3 is 9.30 Å². The number of esters is 1. The van der Waals surface area contributed by atoms with Crippen LogP contribution >= 0.6 is 0 Å². The van der Waals surface area contributed by atoms with Crippen LogP contribution in [-0.4, -0.2) is 55.9 Å². The number of carbonyl (C=O) groups is 1. The van der Waals surface area contributed by atoms with Crippen LogP contribution in [0.1, 0.15) is 54.4 Å². The van der Waals surface area contributed by atoms with Crippen molar-refractivity contribution < 1.29 is 31.1 Å². The number of alkyl halides is 3. The molecule has 14 heteroatoms. The van der Waals surface area contributed by atoms with Crippen LogP contribution in [0.2, 0.25) is 0 Å². The number of ether oxygens (including phenoxy) is 1. The van der Waals surface area contributed by atoms with Crippen LogP contribution in [0.3, 0.4) is 0 Å². The van der Waals surface area contributed by atoms with Crippen LogP contribution in [0.25, 0.3) is 28.1 Å². The molecule has 0 aliphatic heterocycles. The van der Waals surface area contributed by atoms with Crippen molar-refractivity contribution in [1.82, 2.24) is 29.1 Å². The van der Waals surface area contributed by atoms with Gasteiger partial charge in [0, 0.05) is 19.2 Å². The van der Waals surface area contributed by atoms with Crippen molar-refractivity contribution in [2.45, 2.75) is 43.8 Å². The molecule has 1 fully saturated rings. The quantitative estimate of drug-likeness (QED) is 0.353. The van der Waals surface area contributed by atoms with E-state index in [0.29, 0.717) is 5.69 Å². The van der Waals surface area contributed by atoms with Crippen molar-refractivity contribution in [1.29, 1.82) is 0 Å². The fourth-order valence-electron chi connectivity index (χ4n) is 4.12. The van der Waals surface area contributed by atoms with Gasteiger partial charge in [0.1, 0.15) is 17.1 Å². The molecule has 0 N–H and O–H groups in total. The van der Waals surface area contributed by atoms with Crippen molar-refractivity contribution in [2.75, 3.05) is 12.4 Å². The van der Waals surface area contributed by atoms with Crippen LogP contribution < -0.4 is 0 Å². The van der Waals surface area contributed by atoms with Gasteiger partial charge in [-0.15, -0.1) is 0 Å². The molecule has 0 amide bonds. The molecule has 1 aliphatic carbocycles. The number of sulfone groups is 1. The first-order chi connectivity index (χ1) is 17.0. The number of rotatable bonds is 6. The van der Waals surface area contributed by atoms with E-state index in [9.17, 15) is 26.4 Å². The Morgan fingerprint density at radius 3 is 2.53 bits per heavy atom. The van der Waals surface area contributed by atoms with Crippen molar-refractivity contribution in [3.8, 4) is 11.4 Å². The standard InChI is InChI=1S/C22H21F3N6O4S/c1-4-35-21(32)12-9-27-18-16(20(36(33,34)5-2)29-31(18)17(12)11-6-7-11)19-28-13-8-15(22(23,24)25)26-10-14(13)30(19)3/h8-11H,4-7H2,1-3H3. The van der Waals surface area contributed by atoms with Crippen molar-refractivity contribution >= 4 is 32.5 Å². The summed E-state index contributed by atoms with van der Waals surface area (Å²) in [4.78, 5) is 24.8. The highest BCUT2D eigenvalue weighted by Crippen LogP contribution is 2.43. The minimum atomic E-state index is -4.67. The van der Waals surface area contributed by atoms with Crippen molar-refractivity contribution in [3.63, 3.8) is 0 Å². The van der Waals surface area contributed by atoms with Crippen LogP contribution in [0, 0.1) is 0 Å². The number of fused-ring (bicyclic) bond motifs is 2. The Balaban J connectivity index is 1.84. The number of hydrogen-bond donors (Lipinski definition) is 0. The van der Waals surface area contributed by atoms with E-state index in [4.69, 9.17) is 4.74 Å². The average Bonchev–Trinajstić information content (AvgIpc) is 3.52. The Bertz CT molecular complexity index is 1640. The summed E-state index contributed by atoms with van der Waals surface area (Å²) >= 11 is 0. The minimum Gasteiger partial charge on any atom is -0.462 e. The molecule has 4 aromatic heterocycles. The fraction of sp³-hybridized carbons (Fsp3) is 0.409. The number of pyridine rings is 1. The lowest BCUT2D eigenvalue weighted by atomic mass is 10.1. The van der Waals surface area contributed by atoms with Gasteiger partial charge in [-0.2, -0.15) is 18.3 Å². The highest BCUT2D eigenvalue weighted by Gasteiger charge is 2.37. The normalized spacial score (nSPS) is 14.6. The van der Waals surface area contributed by atoms with E-state index in [-0.39, 0.29) is 56.9 Å². The van der Waals surface area contributed by atoms with Crippen LogP contribution in [0.5, 0.6) is 0 Å². The molecule has 0 atom stereocenters. The third kappa shape index (κ3) is 3.79. The first-order valence-electron chi connectivity index (χ1n) is 11.2. The van der Waals surface area contributed by atoms with E-state index in [2.05, 4.69) is 20.1 Å². The number of hydrogen-bond acceptors (Lipinski definition) is 8. The van der Waals surface area contributed by atoms with Crippen molar-refractivity contribution in [3.05, 3.63) is 35.4 Å². The molecule has 10 nitrogen and oxygen atoms in total. The lowest BCUT2D eigenvalue weighted by Crippen LogP contribution is -2.13. The lowest BCUT2D eigenvalue weighted by Gasteiger charge is -2.10. The summed E-state index contributed by atoms with van der Waals surface area (Å²) in [7, 11) is -2.39. The van der Waals surface area contributed by atoms with Gasteiger partial charge in [0.25, 0.3) is 0 Å². The number of imidazole rings is 1. The van der Waals surface area contributed by atoms with Gasteiger partial charge in [-0.1, -0.05) is 6.92 Å². The first-order valence-corrected chi connectivity index (χ1v) is 12.8. The Labute approximate surface area is 203 Å². The monoisotopic (exact) mass is 522 g/mol. The zero-order valence-electron chi connectivity index (χ0n) is 19.5. The molecule has 1 aliphatic rings. The molecule has 0 saturated heterocycles. The molecule has 190 valence electrons. The van der Waals surface area contributed by atoms with Crippen LogP contribution in [-0.2, 0) is 27.8 Å². The summed E-state index contributed by atoms with van der Waals surface area (Å²) in [5.41, 5.74) is -0.0281. The van der Waals surface area contributed by atoms with Gasteiger partial charge in [0.05, 0.1) is 40.8 Å². The topological polar surface area (TPSA) is 121 Å². The molecule has 36 heavy (non-hydrogen) atoms. The van der Waals surface area contributed by atoms with E-state index in [1.165, 1.54) is 22.2 Å². The molecule has 0 aromatic carbocycles. The van der Waals surface area contributed by atoms with Crippen molar-refractivity contribution in [2.24, 2.45) is 7.05 Å². The zero-order chi connectivity index (χ0) is 26.0. The fourth-order valence-corrected chi connectivity index (χ4v) is 5.09. The van der Waals surface area contributed by atoms with E-state index >= 15 is 0 Å². The highest BCUT2D eigenvalue weighted by atomic mass is 32.2. The van der Waals surface area contributed by atoms with E-state index in [1.54, 1.807) is 14.0 Å².